The van der Waals surface area contributed by atoms with Gasteiger partial charge in [-0.15, -0.1) is 0 Å². The van der Waals surface area contributed by atoms with Crippen molar-refractivity contribution in [1.82, 2.24) is 15.1 Å². The van der Waals surface area contributed by atoms with Gasteiger partial charge in [0.05, 0.1) is 18.8 Å². The second kappa shape index (κ2) is 13.6. The number of hydrogen-bond donors (Lipinski definition) is 2. The molecule has 210 valence electrons. The molecule has 8 nitrogen and oxygen atoms in total. The SMILES string of the molecule is Cc1ccccc1C(=O)Nc1ccc(N2CCN(Cc3ccccc3)CC2)c(C(=O)NCCN2CCOCC2)c1. The van der Waals surface area contributed by atoms with Crippen molar-refractivity contribution in [1.29, 1.82) is 0 Å². The maximum absolute atomic E-state index is 13.5. The van der Waals surface area contributed by atoms with Gasteiger partial charge in [0.15, 0.2) is 0 Å². The summed E-state index contributed by atoms with van der Waals surface area (Å²) in [6.45, 7) is 10.9. The molecule has 3 aromatic carbocycles. The lowest BCUT2D eigenvalue weighted by Gasteiger charge is -2.37. The Kier molecular flexibility index (Phi) is 9.44. The molecule has 0 aliphatic carbocycles. The molecule has 0 aromatic heterocycles. The van der Waals surface area contributed by atoms with Crippen LogP contribution in [0.2, 0.25) is 0 Å². The highest BCUT2D eigenvalue weighted by Crippen LogP contribution is 2.27. The van der Waals surface area contributed by atoms with Gasteiger partial charge in [0.25, 0.3) is 11.8 Å². The van der Waals surface area contributed by atoms with E-state index in [2.05, 4.69) is 49.6 Å². The van der Waals surface area contributed by atoms with Crippen molar-refractivity contribution >= 4 is 23.2 Å². The zero-order valence-electron chi connectivity index (χ0n) is 23.3. The van der Waals surface area contributed by atoms with Gasteiger partial charge in [0.2, 0.25) is 0 Å². The van der Waals surface area contributed by atoms with Gasteiger partial charge < -0.3 is 20.3 Å². The number of benzene rings is 3. The number of rotatable bonds is 9. The molecule has 3 aromatic rings. The van der Waals surface area contributed by atoms with Crippen LogP contribution in [0.4, 0.5) is 11.4 Å². The fourth-order valence-electron chi connectivity index (χ4n) is 5.33. The molecule has 2 aliphatic heterocycles. The summed E-state index contributed by atoms with van der Waals surface area (Å²) >= 11 is 0. The fourth-order valence-corrected chi connectivity index (χ4v) is 5.33. The van der Waals surface area contributed by atoms with E-state index in [1.807, 2.05) is 55.5 Å². The summed E-state index contributed by atoms with van der Waals surface area (Å²) in [6.07, 6.45) is 0. The van der Waals surface area contributed by atoms with E-state index >= 15 is 0 Å². The van der Waals surface area contributed by atoms with Gasteiger partial charge in [0, 0.05) is 75.8 Å². The van der Waals surface area contributed by atoms with E-state index in [1.165, 1.54) is 5.56 Å². The standard InChI is InChI=1S/C32H39N5O3/c1-25-7-5-6-10-28(25)32(39)34-27-11-12-30(29(23-27)31(38)33-13-14-35-19-21-40-22-20-35)37-17-15-36(16-18-37)24-26-8-3-2-4-9-26/h2-12,23H,13-22,24H2,1H3,(H,33,38)(H,34,39). The molecular weight excluding hydrogens is 502 g/mol. The van der Waals surface area contributed by atoms with Gasteiger partial charge in [-0.3, -0.25) is 19.4 Å². The van der Waals surface area contributed by atoms with Crippen molar-refractivity contribution in [2.45, 2.75) is 13.5 Å². The Bertz CT molecular complexity index is 1280. The number of carbonyl (C=O) groups excluding carboxylic acids is 2. The number of amides is 2. The van der Waals surface area contributed by atoms with Crippen LogP contribution in [0.1, 0.15) is 31.8 Å². The van der Waals surface area contributed by atoms with Crippen molar-refractivity contribution in [3.8, 4) is 0 Å². The highest BCUT2D eigenvalue weighted by atomic mass is 16.5. The van der Waals surface area contributed by atoms with Crippen molar-refractivity contribution < 1.29 is 14.3 Å². The summed E-state index contributed by atoms with van der Waals surface area (Å²) in [5, 5.41) is 6.12. The highest BCUT2D eigenvalue weighted by Gasteiger charge is 2.23. The second-order valence-electron chi connectivity index (χ2n) is 10.5. The lowest BCUT2D eigenvalue weighted by molar-refractivity contribution is 0.0383. The molecule has 0 atom stereocenters. The van der Waals surface area contributed by atoms with E-state index in [0.717, 1.165) is 76.8 Å². The lowest BCUT2D eigenvalue weighted by atomic mass is 10.1. The third-order valence-corrected chi connectivity index (χ3v) is 7.67. The highest BCUT2D eigenvalue weighted by molar-refractivity contribution is 6.07. The average molecular weight is 542 g/mol. The van der Waals surface area contributed by atoms with Crippen LogP contribution in [-0.2, 0) is 11.3 Å². The molecule has 0 unspecified atom stereocenters. The summed E-state index contributed by atoms with van der Waals surface area (Å²) < 4.78 is 5.43. The lowest BCUT2D eigenvalue weighted by Crippen LogP contribution is -2.46. The summed E-state index contributed by atoms with van der Waals surface area (Å²) in [6, 6.07) is 23.7. The number of ether oxygens (including phenoxy) is 1. The van der Waals surface area contributed by atoms with E-state index in [0.29, 0.717) is 23.4 Å². The molecule has 0 spiro atoms. The third kappa shape index (κ3) is 7.27. The zero-order valence-corrected chi connectivity index (χ0v) is 23.3. The molecule has 0 radical (unpaired) electrons. The first-order chi connectivity index (χ1) is 19.6. The van der Waals surface area contributed by atoms with Crippen LogP contribution < -0.4 is 15.5 Å². The number of nitrogens with zero attached hydrogens (tertiary/aromatic N) is 3. The molecule has 8 heteroatoms. The molecule has 2 aliphatic rings. The molecular formula is C32H39N5O3. The molecule has 0 saturated carbocycles. The number of aryl methyl sites for hydroxylation is 1. The van der Waals surface area contributed by atoms with E-state index in [9.17, 15) is 9.59 Å². The fraction of sp³-hybridized carbons (Fsp3) is 0.375. The Balaban J connectivity index is 1.29. The minimum atomic E-state index is -0.181. The van der Waals surface area contributed by atoms with Crippen molar-refractivity contribution in [3.05, 3.63) is 95.1 Å². The van der Waals surface area contributed by atoms with Gasteiger partial charge in [-0.2, -0.15) is 0 Å². The number of carbonyl (C=O) groups is 2. The predicted octanol–water partition coefficient (Wildman–Crippen LogP) is 3.63. The van der Waals surface area contributed by atoms with Crippen molar-refractivity contribution in [2.75, 3.05) is 75.8 Å². The summed E-state index contributed by atoms with van der Waals surface area (Å²) in [4.78, 5) is 33.5. The Hall–Kier alpha value is -3.72. The van der Waals surface area contributed by atoms with Crippen molar-refractivity contribution in [2.24, 2.45) is 0 Å². The molecule has 2 N–H and O–H groups in total. The van der Waals surface area contributed by atoms with Gasteiger partial charge >= 0.3 is 0 Å². The molecule has 2 amide bonds. The molecule has 40 heavy (non-hydrogen) atoms. The largest absolute Gasteiger partial charge is 0.379 e. The normalized spacial score (nSPS) is 16.5. The third-order valence-electron chi connectivity index (χ3n) is 7.67. The first-order valence-electron chi connectivity index (χ1n) is 14.2. The van der Waals surface area contributed by atoms with E-state index < -0.39 is 0 Å². The molecule has 2 saturated heterocycles. The molecule has 0 bridgehead atoms. The van der Waals surface area contributed by atoms with E-state index in [4.69, 9.17) is 4.74 Å². The number of hydrogen-bond acceptors (Lipinski definition) is 6. The van der Waals surface area contributed by atoms with Crippen LogP contribution in [-0.4, -0.2) is 87.2 Å². The van der Waals surface area contributed by atoms with Gasteiger partial charge in [-0.05, 0) is 42.3 Å². The molecule has 2 fully saturated rings. The van der Waals surface area contributed by atoms with Crippen molar-refractivity contribution in [3.63, 3.8) is 0 Å². The second-order valence-corrected chi connectivity index (χ2v) is 10.5. The Morgan fingerprint density at radius 1 is 0.775 bits per heavy atom. The molecule has 2 heterocycles. The maximum Gasteiger partial charge on any atom is 0.255 e. The minimum absolute atomic E-state index is 0.123. The number of nitrogens with one attached hydrogen (secondary N) is 2. The maximum atomic E-state index is 13.5. The number of piperazine rings is 1. The van der Waals surface area contributed by atoms with Crippen LogP contribution in [0.15, 0.2) is 72.8 Å². The molecule has 5 rings (SSSR count). The van der Waals surface area contributed by atoms with Crippen LogP contribution in [0.25, 0.3) is 0 Å². The van der Waals surface area contributed by atoms with Crippen LogP contribution in [0, 0.1) is 6.92 Å². The number of anilines is 2. The predicted molar refractivity (Wildman–Crippen MR) is 159 cm³/mol. The van der Waals surface area contributed by atoms with Gasteiger partial charge in [-0.1, -0.05) is 48.5 Å². The Labute approximate surface area is 236 Å². The average Bonchev–Trinajstić information content (AvgIpc) is 2.99. The Morgan fingerprint density at radius 3 is 2.25 bits per heavy atom. The van der Waals surface area contributed by atoms with Gasteiger partial charge in [0.1, 0.15) is 0 Å². The Morgan fingerprint density at radius 2 is 1.50 bits per heavy atom. The first-order valence-corrected chi connectivity index (χ1v) is 14.2. The van der Waals surface area contributed by atoms with Gasteiger partial charge in [-0.25, -0.2) is 0 Å². The van der Waals surface area contributed by atoms with Crippen LogP contribution >= 0.6 is 0 Å². The summed E-state index contributed by atoms with van der Waals surface area (Å²) in [7, 11) is 0. The minimum Gasteiger partial charge on any atom is -0.379 e. The quantitative estimate of drug-likeness (QED) is 0.431. The monoisotopic (exact) mass is 541 g/mol. The first kappa shape index (κ1) is 27.8. The summed E-state index contributed by atoms with van der Waals surface area (Å²) in [5.41, 5.74) is 4.94. The number of morpholine rings is 1. The zero-order chi connectivity index (χ0) is 27.7. The smallest absolute Gasteiger partial charge is 0.255 e. The summed E-state index contributed by atoms with van der Waals surface area (Å²) in [5.74, 6) is -0.305. The van der Waals surface area contributed by atoms with E-state index in [-0.39, 0.29) is 11.8 Å². The topological polar surface area (TPSA) is 77.2 Å². The van der Waals surface area contributed by atoms with Crippen LogP contribution in [0.5, 0.6) is 0 Å². The van der Waals surface area contributed by atoms with Crippen LogP contribution in [0.3, 0.4) is 0 Å². The van der Waals surface area contributed by atoms with E-state index in [1.54, 1.807) is 0 Å².